The predicted molar refractivity (Wildman–Crippen MR) is 127 cm³/mol. The zero-order chi connectivity index (χ0) is 23.6. The van der Waals surface area contributed by atoms with Crippen molar-refractivity contribution in [1.82, 2.24) is 9.80 Å². The molecule has 33 heavy (non-hydrogen) atoms. The molecule has 4 rings (SSSR count). The van der Waals surface area contributed by atoms with Crippen LogP contribution in [0.2, 0.25) is 0 Å². The third kappa shape index (κ3) is 5.38. The highest BCUT2D eigenvalue weighted by atomic mass is 16.6. The van der Waals surface area contributed by atoms with Crippen LogP contribution in [0.25, 0.3) is 0 Å². The van der Waals surface area contributed by atoms with Crippen LogP contribution in [0.4, 0.5) is 4.79 Å². The highest BCUT2D eigenvalue weighted by Crippen LogP contribution is 2.36. The molecule has 0 radical (unpaired) electrons. The van der Waals surface area contributed by atoms with E-state index in [9.17, 15) is 14.7 Å². The Balaban J connectivity index is 1.44. The van der Waals surface area contributed by atoms with Gasteiger partial charge in [-0.3, -0.25) is 4.79 Å². The first kappa shape index (κ1) is 23.3. The van der Waals surface area contributed by atoms with Gasteiger partial charge in [-0.25, -0.2) is 4.79 Å². The number of hydrogen-bond donors (Lipinski definition) is 1. The van der Waals surface area contributed by atoms with Crippen molar-refractivity contribution in [3.8, 4) is 0 Å². The number of amides is 2. The lowest BCUT2D eigenvalue weighted by molar-refractivity contribution is -0.134. The molecule has 2 aliphatic rings. The van der Waals surface area contributed by atoms with Crippen LogP contribution in [0.1, 0.15) is 62.8 Å². The number of fused-ring (bicyclic) bond motifs is 1. The number of hydrogen-bond acceptors (Lipinski definition) is 4. The molecule has 2 aromatic carbocycles. The van der Waals surface area contributed by atoms with Crippen LogP contribution in [0, 0.1) is 0 Å². The van der Waals surface area contributed by atoms with Crippen molar-refractivity contribution in [1.29, 1.82) is 0 Å². The van der Waals surface area contributed by atoms with Crippen molar-refractivity contribution in [3.05, 3.63) is 71.3 Å². The van der Waals surface area contributed by atoms with Gasteiger partial charge < -0.3 is 19.6 Å². The molecule has 1 unspecified atom stereocenters. The highest BCUT2D eigenvalue weighted by Gasteiger charge is 2.41. The Kier molecular flexibility index (Phi) is 6.48. The number of rotatable bonds is 4. The van der Waals surface area contributed by atoms with E-state index in [2.05, 4.69) is 24.3 Å². The number of aliphatic hydroxyl groups is 1. The quantitative estimate of drug-likeness (QED) is 0.754. The average molecular weight is 451 g/mol. The molecule has 1 saturated heterocycles. The molecule has 2 amide bonds. The lowest BCUT2D eigenvalue weighted by atomic mass is 9.87. The second kappa shape index (κ2) is 9.18. The number of ether oxygens (including phenoxy) is 1. The second-order valence-electron chi connectivity index (χ2n) is 10.2. The summed E-state index contributed by atoms with van der Waals surface area (Å²) in [6, 6.07) is 18.3. The molecule has 2 aromatic rings. The second-order valence-corrected chi connectivity index (χ2v) is 10.2. The molecule has 2 heterocycles. The van der Waals surface area contributed by atoms with Gasteiger partial charge in [-0.1, -0.05) is 54.6 Å². The third-order valence-electron chi connectivity index (χ3n) is 6.51. The Morgan fingerprint density at radius 2 is 1.76 bits per heavy atom. The largest absolute Gasteiger partial charge is 0.444 e. The number of likely N-dealkylation sites (tertiary alicyclic amines) is 1. The minimum Gasteiger partial charge on any atom is -0.444 e. The van der Waals surface area contributed by atoms with Gasteiger partial charge in [0.2, 0.25) is 5.91 Å². The van der Waals surface area contributed by atoms with Crippen LogP contribution in [0.3, 0.4) is 0 Å². The van der Waals surface area contributed by atoms with E-state index in [0.717, 1.165) is 12.0 Å². The molecule has 0 saturated carbocycles. The van der Waals surface area contributed by atoms with E-state index in [0.29, 0.717) is 25.9 Å². The molecule has 1 fully saturated rings. The summed E-state index contributed by atoms with van der Waals surface area (Å²) in [4.78, 5) is 29.3. The zero-order valence-corrected chi connectivity index (χ0v) is 19.8. The van der Waals surface area contributed by atoms with E-state index in [-0.39, 0.29) is 24.9 Å². The first-order valence-corrected chi connectivity index (χ1v) is 11.8. The topological polar surface area (TPSA) is 70.1 Å². The van der Waals surface area contributed by atoms with Crippen molar-refractivity contribution in [2.45, 2.75) is 63.7 Å². The van der Waals surface area contributed by atoms with E-state index < -0.39 is 17.3 Å². The Labute approximate surface area is 196 Å². The average Bonchev–Trinajstić information content (AvgIpc) is 3.19. The fourth-order valence-electron chi connectivity index (χ4n) is 4.86. The van der Waals surface area contributed by atoms with Crippen molar-refractivity contribution in [3.63, 3.8) is 0 Å². The van der Waals surface area contributed by atoms with Gasteiger partial charge in [0.15, 0.2) is 0 Å². The maximum absolute atomic E-state index is 13.4. The van der Waals surface area contributed by atoms with Crippen LogP contribution < -0.4 is 0 Å². The molecule has 0 spiro atoms. The molecular weight excluding hydrogens is 416 g/mol. The molecule has 176 valence electrons. The highest BCUT2D eigenvalue weighted by molar-refractivity contribution is 5.78. The van der Waals surface area contributed by atoms with Gasteiger partial charge in [-0.15, -0.1) is 0 Å². The standard InChI is InChI=1S/C27H34N2O4/c1-26(2,3)33-25(31)28-18-16-27(32,19-28)15-13-23(30)29-17-14-20-9-7-8-12-22(20)24(29)21-10-5-4-6-11-21/h4-12,24,32H,13-19H2,1-3H3/t24-,27?/m0/s1. The Morgan fingerprint density at radius 1 is 1.06 bits per heavy atom. The van der Waals surface area contributed by atoms with Crippen LogP contribution in [-0.4, -0.2) is 57.7 Å². The van der Waals surface area contributed by atoms with Gasteiger partial charge >= 0.3 is 6.09 Å². The number of carbonyl (C=O) groups is 2. The van der Waals surface area contributed by atoms with Crippen LogP contribution >= 0.6 is 0 Å². The van der Waals surface area contributed by atoms with Crippen LogP contribution in [-0.2, 0) is 16.0 Å². The molecule has 2 aliphatic heterocycles. The van der Waals surface area contributed by atoms with Crippen molar-refractivity contribution >= 4 is 12.0 Å². The van der Waals surface area contributed by atoms with Crippen LogP contribution in [0.15, 0.2) is 54.6 Å². The number of carbonyl (C=O) groups excluding carboxylic acids is 2. The molecule has 1 N–H and O–H groups in total. The molecular formula is C27H34N2O4. The predicted octanol–water partition coefficient (Wildman–Crippen LogP) is 4.31. The van der Waals surface area contributed by atoms with Crippen molar-refractivity contribution in [2.75, 3.05) is 19.6 Å². The van der Waals surface area contributed by atoms with E-state index in [4.69, 9.17) is 4.74 Å². The van der Waals surface area contributed by atoms with E-state index in [1.165, 1.54) is 11.1 Å². The molecule has 0 aromatic heterocycles. The van der Waals surface area contributed by atoms with Crippen molar-refractivity contribution < 1.29 is 19.4 Å². The van der Waals surface area contributed by atoms with Gasteiger partial charge in [0, 0.05) is 19.5 Å². The summed E-state index contributed by atoms with van der Waals surface area (Å²) in [5.74, 6) is 0.0301. The maximum Gasteiger partial charge on any atom is 0.410 e. The number of β-amino-alcohol motifs (C(OH)–C–C–N with tert-alkyl or cyclic N) is 1. The summed E-state index contributed by atoms with van der Waals surface area (Å²) >= 11 is 0. The third-order valence-corrected chi connectivity index (χ3v) is 6.51. The Bertz CT molecular complexity index is 1000. The SMILES string of the molecule is CC(C)(C)OC(=O)N1CCC(O)(CCC(=O)N2CCc3ccccc3[C@@H]2c2ccccc2)C1. The molecule has 2 atom stereocenters. The zero-order valence-electron chi connectivity index (χ0n) is 19.8. The summed E-state index contributed by atoms with van der Waals surface area (Å²) in [5, 5.41) is 11.1. The summed E-state index contributed by atoms with van der Waals surface area (Å²) in [6.07, 6.45) is 1.42. The maximum atomic E-state index is 13.4. The molecule has 6 heteroatoms. The van der Waals surface area contributed by atoms with Gasteiger partial charge in [0.25, 0.3) is 0 Å². The summed E-state index contributed by atoms with van der Waals surface area (Å²) < 4.78 is 5.43. The minimum absolute atomic E-state index is 0.0301. The van der Waals surface area contributed by atoms with Gasteiger partial charge in [0.1, 0.15) is 5.60 Å². The molecule has 0 bridgehead atoms. The van der Waals surface area contributed by atoms with Crippen LogP contribution in [0.5, 0.6) is 0 Å². The minimum atomic E-state index is -1.07. The summed E-state index contributed by atoms with van der Waals surface area (Å²) in [6.45, 7) is 6.75. The van der Waals surface area contributed by atoms with E-state index in [1.54, 1.807) is 4.90 Å². The monoisotopic (exact) mass is 450 g/mol. The fourth-order valence-corrected chi connectivity index (χ4v) is 4.86. The molecule has 6 nitrogen and oxygen atoms in total. The number of benzene rings is 2. The lowest BCUT2D eigenvalue weighted by Gasteiger charge is -2.38. The molecule has 0 aliphatic carbocycles. The fraction of sp³-hybridized carbons (Fsp3) is 0.481. The summed E-state index contributed by atoms with van der Waals surface area (Å²) in [5.41, 5.74) is 1.89. The Hall–Kier alpha value is -2.86. The van der Waals surface area contributed by atoms with E-state index >= 15 is 0 Å². The van der Waals surface area contributed by atoms with Gasteiger partial charge in [-0.2, -0.15) is 0 Å². The van der Waals surface area contributed by atoms with Gasteiger partial charge in [-0.05, 0) is 56.7 Å². The first-order valence-electron chi connectivity index (χ1n) is 11.8. The van der Waals surface area contributed by atoms with Crippen molar-refractivity contribution in [2.24, 2.45) is 0 Å². The summed E-state index contributed by atoms with van der Waals surface area (Å²) in [7, 11) is 0. The lowest BCUT2D eigenvalue weighted by Crippen LogP contribution is -2.42. The number of nitrogens with zero attached hydrogens (tertiary/aromatic N) is 2. The van der Waals surface area contributed by atoms with E-state index in [1.807, 2.05) is 56.0 Å². The normalized spacial score (nSPS) is 22.7. The first-order chi connectivity index (χ1) is 15.7. The smallest absolute Gasteiger partial charge is 0.410 e. The Morgan fingerprint density at radius 3 is 2.48 bits per heavy atom. The van der Waals surface area contributed by atoms with Gasteiger partial charge in [0.05, 0.1) is 18.2 Å².